The number of aromatic amines is 2. The number of nitrogens with zero attached hydrogens (tertiary/aromatic N) is 5. The maximum atomic E-state index is 13.7. The molecular weight excluding hydrogens is 915 g/mol. The lowest BCUT2D eigenvalue weighted by atomic mass is 10.1. The minimum atomic E-state index is -1.11. The van der Waals surface area contributed by atoms with Crippen LogP contribution in [-0.2, 0) is 13.2 Å². The van der Waals surface area contributed by atoms with Crippen molar-refractivity contribution in [2.75, 3.05) is 14.2 Å². The van der Waals surface area contributed by atoms with Crippen LogP contribution in [0.15, 0.2) is 121 Å². The van der Waals surface area contributed by atoms with Gasteiger partial charge in [-0.25, -0.2) is 18.9 Å². The summed E-state index contributed by atoms with van der Waals surface area (Å²) in [4.78, 5) is 19.5. The van der Waals surface area contributed by atoms with Crippen LogP contribution >= 0.6 is 49.7 Å². The predicted molar refractivity (Wildman–Crippen MR) is 262 cm³/mol. The molecule has 0 aliphatic carbocycles. The Morgan fingerprint density at radius 1 is 0.825 bits per heavy atom. The van der Waals surface area contributed by atoms with Crippen molar-refractivity contribution in [2.24, 2.45) is 0 Å². The number of carboxylic acid groups (broad SMARTS) is 1. The molecule has 5 aromatic carbocycles. The summed E-state index contributed by atoms with van der Waals surface area (Å²) < 4.78 is 31.6. The molecule has 3 aromatic heterocycles. The van der Waals surface area contributed by atoms with E-state index in [9.17, 15) is 19.4 Å². The fourth-order valence-electron chi connectivity index (χ4n) is 6.00. The number of nitriles is 1. The van der Waals surface area contributed by atoms with Crippen molar-refractivity contribution in [3.8, 4) is 63.1 Å². The molecule has 8 rings (SSSR count). The number of nitrogens with one attached hydrogen (secondary N) is 2. The molecule has 0 aliphatic heterocycles. The van der Waals surface area contributed by atoms with Crippen LogP contribution in [0.4, 0.5) is 4.39 Å². The lowest BCUT2D eigenvalue weighted by molar-refractivity contribution is 0.0678. The molecule has 0 amide bonds. The summed E-state index contributed by atoms with van der Waals surface area (Å²) >= 11 is 0. The number of aromatic carboxylic acids is 1. The highest BCUT2D eigenvalue weighted by molar-refractivity contribution is 8.92. The van der Waals surface area contributed by atoms with Crippen LogP contribution in [0, 0.1) is 17.1 Å². The number of ether oxygens (including phenoxy) is 3. The number of methoxy groups -OCH3 is 2. The van der Waals surface area contributed by atoms with Crippen molar-refractivity contribution in [1.29, 1.82) is 5.26 Å². The van der Waals surface area contributed by atoms with E-state index >= 15 is 0 Å². The quantitative estimate of drug-likeness (QED) is 0.0859. The SMILES string of the molecule is COc1ccc(COc2c(-c3ccccc3)nn(Cc3ccc(OC)cc3)c2C(=O)O)cc1.N#Cc1cc2nc(-c3[nH]nc(-c4ccccc4)c3O)[nH]c2cc1F.PP(P)P(P)P. The molecule has 0 fully saturated rings. The van der Waals surface area contributed by atoms with Gasteiger partial charge >= 0.3 is 5.97 Å². The zero-order valence-corrected chi connectivity index (χ0v) is 40.2. The lowest BCUT2D eigenvalue weighted by Crippen LogP contribution is -2.12. The number of aromatic hydroxyl groups is 1. The number of carboxylic acids is 1. The number of imidazole rings is 1. The summed E-state index contributed by atoms with van der Waals surface area (Å²) in [5.74, 6) is 0.223. The van der Waals surface area contributed by atoms with Gasteiger partial charge in [0.15, 0.2) is 23.0 Å². The average molecular weight is 958 g/mol. The van der Waals surface area contributed by atoms with Crippen LogP contribution in [0.1, 0.15) is 27.2 Å². The largest absolute Gasteiger partial charge is 0.504 e. The van der Waals surface area contributed by atoms with Gasteiger partial charge in [-0.05, 0) is 55.4 Å². The standard InChI is InChI=1S/C26H24N2O5.C17H10FN5O.H8P6/c1-31-21-12-8-18(9-13-21)16-28-24(26(29)30)25(23(27-28)20-6-4-3-5-7-20)33-17-19-10-14-22(32-2)15-11-19;18-11-7-13-12(6-10(11)8-19)20-17(21-13)15-16(24)14(22-23-15)9-4-2-1-3-5-9;1-5(2)6(3)4/h3-15H,16-17H2,1-2H3,(H,29,30);1-7,24H,(H,20,21)(H,22,23);1-4H2. The molecule has 0 spiro atoms. The Balaban J connectivity index is 0.000000192. The van der Waals surface area contributed by atoms with Gasteiger partial charge in [-0.1, -0.05) is 84.9 Å². The van der Waals surface area contributed by atoms with Crippen LogP contribution in [0.25, 0.3) is 45.1 Å². The Morgan fingerprint density at radius 3 is 1.90 bits per heavy atom. The van der Waals surface area contributed by atoms with Crippen LogP contribution in [0.5, 0.6) is 23.0 Å². The first-order valence-corrected chi connectivity index (χ1v) is 28.6. The van der Waals surface area contributed by atoms with E-state index in [1.165, 1.54) is 16.8 Å². The van der Waals surface area contributed by atoms with Gasteiger partial charge in [0.25, 0.3) is 0 Å². The average Bonchev–Trinajstić information content (AvgIpc) is 4.01. The number of halogens is 1. The molecule has 0 saturated carbocycles. The first kappa shape index (κ1) is 47.1. The highest BCUT2D eigenvalue weighted by atomic mass is 33.0. The van der Waals surface area contributed by atoms with E-state index in [0.29, 0.717) is 33.9 Å². The summed E-state index contributed by atoms with van der Waals surface area (Å²) in [6.07, 6.45) is 0. The van der Waals surface area contributed by atoms with Crippen LogP contribution < -0.4 is 14.2 Å². The summed E-state index contributed by atoms with van der Waals surface area (Å²) in [5.41, 5.74) is 5.25. The molecule has 20 heteroatoms. The number of rotatable bonds is 12. The maximum absolute atomic E-state index is 13.7. The van der Waals surface area contributed by atoms with Gasteiger partial charge in [-0.2, -0.15) is 15.5 Å². The minimum absolute atomic E-state index is 0.00168. The molecule has 3 heterocycles. The molecule has 63 heavy (non-hydrogen) atoms. The summed E-state index contributed by atoms with van der Waals surface area (Å²) in [6.45, 7) is 0.797. The third kappa shape index (κ3) is 12.0. The number of aromatic nitrogens is 6. The fraction of sp³-hybridized carbons (Fsp3) is 0.0930. The second-order valence-electron chi connectivity index (χ2n) is 13.3. The Morgan fingerprint density at radius 2 is 1.38 bits per heavy atom. The molecule has 322 valence electrons. The van der Waals surface area contributed by atoms with E-state index in [1.807, 2.05) is 109 Å². The highest BCUT2D eigenvalue weighted by Crippen LogP contribution is 2.86. The van der Waals surface area contributed by atoms with E-state index < -0.39 is 11.8 Å². The lowest BCUT2D eigenvalue weighted by Gasteiger charge is -2.09. The fourth-order valence-corrected chi connectivity index (χ4v) is 6.00. The van der Waals surface area contributed by atoms with Gasteiger partial charge in [-0.15, -0.1) is 35.7 Å². The third-order valence-electron chi connectivity index (χ3n) is 9.17. The van der Waals surface area contributed by atoms with Crippen LogP contribution in [-0.4, -0.2) is 60.3 Å². The van der Waals surface area contributed by atoms with Gasteiger partial charge in [-0.3, -0.25) is 5.10 Å². The van der Waals surface area contributed by atoms with Gasteiger partial charge in [0, 0.05) is 17.2 Å². The second-order valence-corrected chi connectivity index (χ2v) is 33.1. The summed E-state index contributed by atoms with van der Waals surface area (Å²) in [5, 5.41) is 40.9. The first-order chi connectivity index (χ1) is 30.4. The van der Waals surface area contributed by atoms with Gasteiger partial charge in [0.05, 0.1) is 37.4 Å². The number of hydrogen-bond donors (Lipinski definition) is 4. The Labute approximate surface area is 374 Å². The summed E-state index contributed by atoms with van der Waals surface area (Å²) in [7, 11) is 14.4. The van der Waals surface area contributed by atoms with Gasteiger partial charge in [0.1, 0.15) is 47.1 Å². The normalized spacial score (nSPS) is 10.7. The van der Waals surface area contributed by atoms with Crippen molar-refractivity contribution < 1.29 is 33.6 Å². The predicted octanol–water partition coefficient (Wildman–Crippen LogP) is 11.3. The van der Waals surface area contributed by atoms with E-state index in [2.05, 4.69) is 61.0 Å². The first-order valence-electron chi connectivity index (χ1n) is 18.7. The summed E-state index contributed by atoms with van der Waals surface area (Å²) in [6, 6.07) is 37.8. The smallest absolute Gasteiger partial charge is 0.358 e. The number of benzene rings is 5. The van der Waals surface area contributed by atoms with Crippen molar-refractivity contribution >= 4 is 66.7 Å². The van der Waals surface area contributed by atoms with E-state index in [0.717, 1.165) is 33.8 Å². The van der Waals surface area contributed by atoms with Crippen molar-refractivity contribution in [3.63, 3.8) is 0 Å². The Kier molecular flexibility index (Phi) is 16.7. The van der Waals surface area contributed by atoms with Gasteiger partial charge in [0.2, 0.25) is 0 Å². The number of fused-ring (bicyclic) bond motifs is 1. The molecule has 0 aliphatic rings. The van der Waals surface area contributed by atoms with Crippen LogP contribution in [0.2, 0.25) is 0 Å². The number of H-pyrrole nitrogens is 2. The van der Waals surface area contributed by atoms with Gasteiger partial charge < -0.3 is 29.4 Å². The Hall–Kier alpha value is -5.34. The van der Waals surface area contributed by atoms with Crippen molar-refractivity contribution in [3.05, 3.63) is 150 Å². The zero-order valence-electron chi connectivity index (χ0n) is 33.8. The Bertz CT molecular complexity index is 2810. The molecule has 0 radical (unpaired) electrons. The molecule has 4 atom stereocenters. The third-order valence-corrected chi connectivity index (χ3v) is 30.5. The van der Waals surface area contributed by atoms with E-state index in [1.54, 1.807) is 20.3 Å². The number of carbonyl (C=O) groups is 1. The topological polar surface area (TPSA) is 184 Å². The maximum Gasteiger partial charge on any atom is 0.358 e. The molecule has 13 nitrogen and oxygen atoms in total. The zero-order chi connectivity index (χ0) is 45.0. The highest BCUT2D eigenvalue weighted by Gasteiger charge is 2.26. The van der Waals surface area contributed by atoms with Crippen molar-refractivity contribution in [1.82, 2.24) is 29.9 Å². The minimum Gasteiger partial charge on any atom is -0.504 e. The second kappa shape index (κ2) is 22.3. The molecule has 4 N–H and O–H groups in total. The van der Waals surface area contributed by atoms with Crippen molar-refractivity contribution in [2.45, 2.75) is 13.2 Å². The molecular formula is C43H42FN7O6P6. The molecule has 0 saturated heterocycles. The van der Waals surface area contributed by atoms with Crippen LogP contribution in [0.3, 0.4) is 0 Å². The monoisotopic (exact) mass is 957 g/mol. The molecule has 4 unspecified atom stereocenters. The molecule has 0 bridgehead atoms. The molecule has 8 aromatic rings. The number of hydrogen-bond acceptors (Lipinski definition) is 9. The van der Waals surface area contributed by atoms with E-state index in [-0.39, 0.29) is 49.9 Å². The van der Waals surface area contributed by atoms with E-state index in [4.69, 9.17) is 19.5 Å².